The first-order chi connectivity index (χ1) is 10.8. The summed E-state index contributed by atoms with van der Waals surface area (Å²) in [5.74, 6) is -0.504. The van der Waals surface area contributed by atoms with Crippen molar-refractivity contribution in [3.63, 3.8) is 0 Å². The molecule has 0 radical (unpaired) electrons. The molecule has 0 aromatic heterocycles. The van der Waals surface area contributed by atoms with Gasteiger partial charge >= 0.3 is 6.18 Å². The Labute approximate surface area is 140 Å². The minimum Gasteiger partial charge on any atom is -0.481 e. The van der Waals surface area contributed by atoms with Crippen LogP contribution in [0.15, 0.2) is 42.5 Å². The molecule has 0 fully saturated rings. The molecule has 0 unspecified atom stereocenters. The Balaban J connectivity index is 2.00. The highest BCUT2D eigenvalue weighted by atomic mass is 35.5. The van der Waals surface area contributed by atoms with E-state index in [0.29, 0.717) is 0 Å². The van der Waals surface area contributed by atoms with E-state index in [0.717, 1.165) is 12.1 Å². The highest BCUT2D eigenvalue weighted by Gasteiger charge is 2.30. The van der Waals surface area contributed by atoms with Crippen molar-refractivity contribution >= 4 is 34.8 Å². The molecule has 2 rings (SSSR count). The molecule has 0 saturated heterocycles. The third-order valence-electron chi connectivity index (χ3n) is 2.74. The Kier molecular flexibility index (Phi) is 5.38. The molecule has 0 heterocycles. The molecule has 0 aliphatic carbocycles. The Morgan fingerprint density at radius 3 is 2.30 bits per heavy atom. The number of hydrogen-bond acceptors (Lipinski definition) is 2. The van der Waals surface area contributed by atoms with Gasteiger partial charge in [-0.3, -0.25) is 4.79 Å². The zero-order valence-corrected chi connectivity index (χ0v) is 13.0. The summed E-state index contributed by atoms with van der Waals surface area (Å²) in [7, 11) is 0. The summed E-state index contributed by atoms with van der Waals surface area (Å²) in [5.41, 5.74) is -0.843. The normalized spacial score (nSPS) is 11.2. The quantitative estimate of drug-likeness (QED) is 0.827. The first-order valence-corrected chi connectivity index (χ1v) is 7.07. The van der Waals surface area contributed by atoms with Crippen molar-refractivity contribution < 1.29 is 22.7 Å². The number of carbonyl (C=O) groups excluding carboxylic acids is 1. The van der Waals surface area contributed by atoms with Crippen LogP contribution >= 0.6 is 23.2 Å². The fourth-order valence-electron chi connectivity index (χ4n) is 1.73. The van der Waals surface area contributed by atoms with Gasteiger partial charge in [-0.2, -0.15) is 13.2 Å². The highest BCUT2D eigenvalue weighted by Crippen LogP contribution is 2.32. The van der Waals surface area contributed by atoms with Gasteiger partial charge in [0.2, 0.25) is 0 Å². The summed E-state index contributed by atoms with van der Waals surface area (Å²) in [6, 6.07) is 8.97. The lowest BCUT2D eigenvalue weighted by Crippen LogP contribution is -2.20. The number of halogens is 5. The van der Waals surface area contributed by atoms with Crippen molar-refractivity contribution in [1.82, 2.24) is 0 Å². The molecule has 0 saturated carbocycles. The third kappa shape index (κ3) is 4.77. The summed E-state index contributed by atoms with van der Waals surface area (Å²) in [6.45, 7) is -0.445. The molecule has 0 aliphatic heterocycles. The van der Waals surface area contributed by atoms with Gasteiger partial charge in [0.25, 0.3) is 5.91 Å². The van der Waals surface area contributed by atoms with Crippen molar-refractivity contribution in [2.75, 3.05) is 11.9 Å². The van der Waals surface area contributed by atoms with Crippen LogP contribution < -0.4 is 10.1 Å². The zero-order chi connectivity index (χ0) is 17.0. The number of rotatable bonds is 4. The fraction of sp³-hybridized carbons (Fsp3) is 0.133. The first kappa shape index (κ1) is 17.4. The molecular weight excluding hydrogens is 354 g/mol. The van der Waals surface area contributed by atoms with Gasteiger partial charge in [-0.25, -0.2) is 0 Å². The van der Waals surface area contributed by atoms with Crippen molar-refractivity contribution in [2.24, 2.45) is 0 Å². The predicted molar refractivity (Wildman–Crippen MR) is 82.0 cm³/mol. The summed E-state index contributed by atoms with van der Waals surface area (Å²) in [6.07, 6.45) is -4.48. The van der Waals surface area contributed by atoms with Crippen LogP contribution in [-0.4, -0.2) is 12.5 Å². The summed E-state index contributed by atoms with van der Waals surface area (Å²) in [4.78, 5) is 11.8. The van der Waals surface area contributed by atoms with Gasteiger partial charge in [-0.05, 0) is 30.3 Å². The van der Waals surface area contributed by atoms with Crippen LogP contribution in [0.2, 0.25) is 10.0 Å². The largest absolute Gasteiger partial charge is 0.481 e. The van der Waals surface area contributed by atoms with E-state index in [1.165, 1.54) is 24.3 Å². The number of amides is 1. The van der Waals surface area contributed by atoms with E-state index in [4.69, 9.17) is 27.9 Å². The SMILES string of the molecule is O=C(COc1c(Cl)cccc1Cl)Nc1cccc(C(F)(F)F)c1. The van der Waals surface area contributed by atoms with Crippen LogP contribution in [0.25, 0.3) is 0 Å². The number of para-hydroxylation sites is 1. The standard InChI is InChI=1S/C15H10Cl2F3NO2/c16-11-5-2-6-12(17)14(11)23-8-13(22)21-10-4-1-3-9(7-10)15(18,19)20/h1-7H,8H2,(H,21,22). The lowest BCUT2D eigenvalue weighted by molar-refractivity contribution is -0.137. The third-order valence-corrected chi connectivity index (χ3v) is 3.34. The van der Waals surface area contributed by atoms with E-state index in [2.05, 4.69) is 5.32 Å². The van der Waals surface area contributed by atoms with Crippen LogP contribution in [0.1, 0.15) is 5.56 Å². The minimum atomic E-state index is -4.48. The fourth-order valence-corrected chi connectivity index (χ4v) is 2.24. The monoisotopic (exact) mass is 363 g/mol. The number of nitrogens with one attached hydrogen (secondary N) is 1. The van der Waals surface area contributed by atoms with E-state index in [-0.39, 0.29) is 21.5 Å². The maximum absolute atomic E-state index is 12.6. The molecule has 0 spiro atoms. The van der Waals surface area contributed by atoms with Crippen LogP contribution in [0.5, 0.6) is 5.75 Å². The Morgan fingerprint density at radius 1 is 1.09 bits per heavy atom. The Morgan fingerprint density at radius 2 is 1.70 bits per heavy atom. The summed E-state index contributed by atoms with van der Waals surface area (Å²) < 4.78 is 43.0. The molecule has 0 bridgehead atoms. The number of anilines is 1. The summed E-state index contributed by atoms with van der Waals surface area (Å²) >= 11 is 11.8. The number of carbonyl (C=O) groups is 1. The van der Waals surface area contributed by atoms with Gasteiger partial charge in [0.1, 0.15) is 0 Å². The van der Waals surface area contributed by atoms with Gasteiger partial charge in [0.05, 0.1) is 15.6 Å². The molecule has 122 valence electrons. The van der Waals surface area contributed by atoms with Gasteiger partial charge in [0, 0.05) is 5.69 Å². The molecule has 0 atom stereocenters. The lowest BCUT2D eigenvalue weighted by atomic mass is 10.2. The number of benzene rings is 2. The Hall–Kier alpha value is -1.92. The molecule has 2 aromatic rings. The van der Waals surface area contributed by atoms with E-state index >= 15 is 0 Å². The maximum Gasteiger partial charge on any atom is 0.416 e. The van der Waals surface area contributed by atoms with E-state index in [9.17, 15) is 18.0 Å². The smallest absolute Gasteiger partial charge is 0.416 e. The van der Waals surface area contributed by atoms with E-state index in [1.807, 2.05) is 0 Å². The van der Waals surface area contributed by atoms with Crippen molar-refractivity contribution in [3.05, 3.63) is 58.1 Å². The second-order valence-corrected chi connectivity index (χ2v) is 5.28. The highest BCUT2D eigenvalue weighted by molar-refractivity contribution is 6.37. The van der Waals surface area contributed by atoms with Crippen LogP contribution in [-0.2, 0) is 11.0 Å². The zero-order valence-electron chi connectivity index (χ0n) is 11.5. The molecule has 2 aromatic carbocycles. The van der Waals surface area contributed by atoms with Gasteiger partial charge < -0.3 is 10.1 Å². The number of alkyl halides is 3. The van der Waals surface area contributed by atoms with Crippen molar-refractivity contribution in [1.29, 1.82) is 0 Å². The number of hydrogen-bond donors (Lipinski definition) is 1. The van der Waals surface area contributed by atoms with Gasteiger partial charge in [0.15, 0.2) is 12.4 Å². The van der Waals surface area contributed by atoms with Crippen LogP contribution in [0.3, 0.4) is 0 Å². The maximum atomic E-state index is 12.6. The average molecular weight is 364 g/mol. The lowest BCUT2D eigenvalue weighted by Gasteiger charge is -2.11. The molecule has 1 amide bonds. The molecule has 1 N–H and O–H groups in total. The summed E-state index contributed by atoms with van der Waals surface area (Å²) in [5, 5.41) is 2.77. The molecular formula is C15H10Cl2F3NO2. The first-order valence-electron chi connectivity index (χ1n) is 6.31. The van der Waals surface area contributed by atoms with E-state index < -0.39 is 24.3 Å². The molecule has 8 heteroatoms. The number of ether oxygens (including phenoxy) is 1. The molecule has 3 nitrogen and oxygen atoms in total. The topological polar surface area (TPSA) is 38.3 Å². The van der Waals surface area contributed by atoms with Gasteiger partial charge in [-0.1, -0.05) is 35.3 Å². The van der Waals surface area contributed by atoms with Gasteiger partial charge in [-0.15, -0.1) is 0 Å². The van der Waals surface area contributed by atoms with Crippen LogP contribution in [0.4, 0.5) is 18.9 Å². The predicted octanol–water partition coefficient (Wildman–Crippen LogP) is 5.03. The second-order valence-electron chi connectivity index (χ2n) is 4.47. The van der Waals surface area contributed by atoms with Crippen molar-refractivity contribution in [2.45, 2.75) is 6.18 Å². The molecule has 23 heavy (non-hydrogen) atoms. The second kappa shape index (κ2) is 7.10. The minimum absolute atomic E-state index is 0.0127. The molecule has 0 aliphatic rings. The van der Waals surface area contributed by atoms with E-state index in [1.54, 1.807) is 6.07 Å². The Bertz CT molecular complexity index is 700. The van der Waals surface area contributed by atoms with Crippen LogP contribution in [0, 0.1) is 0 Å². The van der Waals surface area contributed by atoms with Crippen molar-refractivity contribution in [3.8, 4) is 5.75 Å². The average Bonchev–Trinajstić information content (AvgIpc) is 2.46.